The third-order valence-electron chi connectivity index (χ3n) is 3.09. The van der Waals surface area contributed by atoms with Crippen LogP contribution in [0.15, 0.2) is 23.1 Å². The average molecular weight is 304 g/mol. The number of morpholine rings is 1. The van der Waals surface area contributed by atoms with E-state index in [0.717, 1.165) is 10.4 Å². The molecule has 8 heteroatoms. The van der Waals surface area contributed by atoms with Crippen molar-refractivity contribution in [1.29, 1.82) is 0 Å². The minimum Gasteiger partial charge on any atom is -0.398 e. The van der Waals surface area contributed by atoms with Gasteiger partial charge in [0.15, 0.2) is 0 Å². The first kappa shape index (κ1) is 15.2. The number of rotatable bonds is 3. The smallest absolute Gasteiger partial charge is 0.248 e. The molecule has 1 aromatic rings. The van der Waals surface area contributed by atoms with Crippen molar-refractivity contribution in [2.24, 2.45) is 0 Å². The minimum absolute atomic E-state index is 0.0308. The molecule has 1 aliphatic heterocycles. The maximum absolute atomic E-state index is 13.8. The molecule has 112 valence electrons. The van der Waals surface area contributed by atoms with Crippen molar-refractivity contribution in [3.63, 3.8) is 0 Å². The van der Waals surface area contributed by atoms with Crippen LogP contribution in [0.3, 0.4) is 0 Å². The van der Waals surface area contributed by atoms with Crippen molar-refractivity contribution in [2.45, 2.75) is 24.0 Å². The largest absolute Gasteiger partial charge is 0.398 e. The number of benzene rings is 1. The number of nitrogen functional groups attached to an aromatic ring is 1. The minimum atomic E-state index is -4.06. The number of hydrogen-bond donors (Lipinski definition) is 2. The second-order valence-corrected chi connectivity index (χ2v) is 6.61. The highest BCUT2D eigenvalue weighted by molar-refractivity contribution is 7.89. The van der Waals surface area contributed by atoms with Gasteiger partial charge in [0, 0.05) is 13.1 Å². The third kappa shape index (κ3) is 2.78. The summed E-state index contributed by atoms with van der Waals surface area (Å²) in [7, 11) is -4.06. The van der Waals surface area contributed by atoms with Crippen molar-refractivity contribution < 1.29 is 22.7 Å². The molecule has 0 bridgehead atoms. The number of halogens is 1. The van der Waals surface area contributed by atoms with Crippen LogP contribution in [0.2, 0.25) is 0 Å². The number of hydrogen-bond acceptors (Lipinski definition) is 5. The molecule has 0 saturated carbocycles. The molecule has 1 aliphatic rings. The molecule has 20 heavy (non-hydrogen) atoms. The van der Waals surface area contributed by atoms with Crippen molar-refractivity contribution in [2.75, 3.05) is 25.4 Å². The van der Waals surface area contributed by atoms with E-state index in [9.17, 15) is 12.8 Å². The summed E-state index contributed by atoms with van der Waals surface area (Å²) < 4.78 is 45.3. The first-order valence-corrected chi connectivity index (χ1v) is 7.60. The van der Waals surface area contributed by atoms with Crippen LogP contribution in [0.25, 0.3) is 0 Å². The van der Waals surface area contributed by atoms with E-state index in [1.165, 1.54) is 12.1 Å². The van der Waals surface area contributed by atoms with Gasteiger partial charge in [-0.25, -0.2) is 12.8 Å². The molecular formula is C12H17FN2O4S. The first-order chi connectivity index (χ1) is 9.36. The highest BCUT2D eigenvalue weighted by Gasteiger charge is 2.36. The summed E-state index contributed by atoms with van der Waals surface area (Å²) >= 11 is 0. The van der Waals surface area contributed by atoms with E-state index in [1.807, 2.05) is 0 Å². The zero-order valence-electron chi connectivity index (χ0n) is 11.0. The van der Waals surface area contributed by atoms with Crippen LogP contribution in [0.5, 0.6) is 0 Å². The summed E-state index contributed by atoms with van der Waals surface area (Å²) in [5, 5.41) is 9.13. The molecule has 1 saturated heterocycles. The van der Waals surface area contributed by atoms with Gasteiger partial charge < -0.3 is 15.6 Å². The second-order valence-electron chi connectivity index (χ2n) is 4.73. The van der Waals surface area contributed by atoms with Crippen molar-refractivity contribution >= 4 is 15.7 Å². The standard InChI is InChI=1S/C12H17FN2O4S/c1-8-5-15(6-9(7-16)19-8)20(17,18)12-10(13)3-2-4-11(12)14/h2-4,8-9,16H,5-7,14H2,1H3. The molecule has 3 N–H and O–H groups in total. The SMILES string of the molecule is CC1CN(S(=O)(=O)c2c(N)cccc2F)CC(CO)O1. The van der Waals surface area contributed by atoms with Crippen LogP contribution in [0.1, 0.15) is 6.92 Å². The molecule has 0 spiro atoms. The number of anilines is 1. The molecular weight excluding hydrogens is 287 g/mol. The Labute approximate surface area is 117 Å². The van der Waals surface area contributed by atoms with Crippen LogP contribution < -0.4 is 5.73 Å². The van der Waals surface area contributed by atoms with E-state index >= 15 is 0 Å². The van der Waals surface area contributed by atoms with Gasteiger partial charge in [-0.3, -0.25) is 0 Å². The Bertz CT molecular complexity index is 573. The van der Waals surface area contributed by atoms with Gasteiger partial charge in [-0.2, -0.15) is 4.31 Å². The van der Waals surface area contributed by atoms with E-state index in [1.54, 1.807) is 6.92 Å². The van der Waals surface area contributed by atoms with Crippen molar-refractivity contribution in [1.82, 2.24) is 4.31 Å². The maximum Gasteiger partial charge on any atom is 0.248 e. The summed E-state index contributed by atoms with van der Waals surface area (Å²) in [6, 6.07) is 3.74. The molecule has 0 aliphatic carbocycles. The van der Waals surface area contributed by atoms with Gasteiger partial charge in [-0.15, -0.1) is 0 Å². The Balaban J connectivity index is 2.39. The number of nitrogens with zero attached hydrogens (tertiary/aromatic N) is 1. The lowest BCUT2D eigenvalue weighted by molar-refractivity contribution is -0.0750. The van der Waals surface area contributed by atoms with Gasteiger partial charge in [0.1, 0.15) is 10.7 Å². The molecule has 1 fully saturated rings. The fourth-order valence-electron chi connectivity index (χ4n) is 2.23. The van der Waals surface area contributed by atoms with E-state index in [-0.39, 0.29) is 31.5 Å². The molecule has 2 unspecified atom stereocenters. The second kappa shape index (κ2) is 5.65. The van der Waals surface area contributed by atoms with E-state index in [4.69, 9.17) is 15.6 Å². The Morgan fingerprint density at radius 2 is 2.20 bits per heavy atom. The lowest BCUT2D eigenvalue weighted by atomic mass is 10.2. The monoisotopic (exact) mass is 304 g/mol. The number of ether oxygens (including phenoxy) is 1. The van der Waals surface area contributed by atoms with Crippen LogP contribution in [-0.4, -0.2) is 49.7 Å². The van der Waals surface area contributed by atoms with E-state index in [2.05, 4.69) is 0 Å². The zero-order valence-corrected chi connectivity index (χ0v) is 11.8. The summed E-state index contributed by atoms with van der Waals surface area (Å²) in [6.07, 6.45) is -1.01. The number of aliphatic hydroxyl groups excluding tert-OH is 1. The normalized spacial score (nSPS) is 24.8. The molecule has 1 aromatic carbocycles. The number of sulfonamides is 1. The molecule has 6 nitrogen and oxygen atoms in total. The highest BCUT2D eigenvalue weighted by Crippen LogP contribution is 2.27. The molecule has 0 amide bonds. The van der Waals surface area contributed by atoms with Gasteiger partial charge in [-0.1, -0.05) is 6.07 Å². The Kier molecular flexibility index (Phi) is 4.28. The van der Waals surface area contributed by atoms with Crippen LogP contribution in [-0.2, 0) is 14.8 Å². The average Bonchev–Trinajstić information content (AvgIpc) is 2.37. The van der Waals surface area contributed by atoms with Crippen molar-refractivity contribution in [3.8, 4) is 0 Å². The summed E-state index contributed by atoms with van der Waals surface area (Å²) in [6.45, 7) is 1.45. The predicted molar refractivity (Wildman–Crippen MR) is 71.0 cm³/mol. The topological polar surface area (TPSA) is 92.9 Å². The Morgan fingerprint density at radius 3 is 2.80 bits per heavy atom. The lowest BCUT2D eigenvalue weighted by Gasteiger charge is -2.35. The number of nitrogens with two attached hydrogens (primary N) is 1. The third-order valence-corrected chi connectivity index (χ3v) is 5.02. The highest BCUT2D eigenvalue weighted by atomic mass is 32.2. The number of aliphatic hydroxyl groups is 1. The van der Waals surface area contributed by atoms with Gasteiger partial charge in [0.2, 0.25) is 10.0 Å². The molecule has 0 aromatic heterocycles. The van der Waals surface area contributed by atoms with E-state index < -0.39 is 26.8 Å². The molecule has 0 radical (unpaired) electrons. The van der Waals surface area contributed by atoms with Gasteiger partial charge >= 0.3 is 0 Å². The van der Waals surface area contributed by atoms with Crippen LogP contribution in [0, 0.1) is 5.82 Å². The predicted octanol–water partition coefficient (Wildman–Crippen LogP) is 0.178. The van der Waals surface area contributed by atoms with Gasteiger partial charge in [-0.05, 0) is 19.1 Å². The molecule has 2 rings (SSSR count). The zero-order chi connectivity index (χ0) is 14.9. The van der Waals surface area contributed by atoms with Gasteiger partial charge in [0.05, 0.1) is 24.5 Å². The first-order valence-electron chi connectivity index (χ1n) is 6.16. The maximum atomic E-state index is 13.8. The van der Waals surface area contributed by atoms with Gasteiger partial charge in [0.25, 0.3) is 0 Å². The molecule has 1 heterocycles. The molecule has 2 atom stereocenters. The summed E-state index contributed by atoms with van der Waals surface area (Å²) in [5.74, 6) is -0.885. The van der Waals surface area contributed by atoms with Crippen molar-refractivity contribution in [3.05, 3.63) is 24.0 Å². The van der Waals surface area contributed by atoms with Crippen LogP contribution >= 0.6 is 0 Å². The summed E-state index contributed by atoms with van der Waals surface area (Å²) in [5.41, 5.74) is 5.45. The summed E-state index contributed by atoms with van der Waals surface area (Å²) in [4.78, 5) is -0.522. The fraction of sp³-hybridized carbons (Fsp3) is 0.500. The van der Waals surface area contributed by atoms with E-state index in [0.29, 0.717) is 0 Å². The Morgan fingerprint density at radius 1 is 1.50 bits per heavy atom. The van der Waals surface area contributed by atoms with Crippen LogP contribution in [0.4, 0.5) is 10.1 Å². The Hall–Kier alpha value is -1.22. The quantitative estimate of drug-likeness (QED) is 0.777. The lowest BCUT2D eigenvalue weighted by Crippen LogP contribution is -2.50. The fourth-order valence-corrected chi connectivity index (χ4v) is 3.93.